The van der Waals surface area contributed by atoms with Crippen molar-refractivity contribution in [3.8, 4) is 0 Å². The van der Waals surface area contributed by atoms with Crippen molar-refractivity contribution in [2.24, 2.45) is 0 Å². The van der Waals surface area contributed by atoms with Gasteiger partial charge >= 0.3 is 0 Å². The smallest absolute Gasteiger partial charge is 0.118 e. The first-order chi connectivity index (χ1) is 9.19. The van der Waals surface area contributed by atoms with Gasteiger partial charge in [0, 0.05) is 10.6 Å². The number of aryl methyl sites for hydroxylation is 1. The van der Waals surface area contributed by atoms with Crippen molar-refractivity contribution in [2.75, 3.05) is 7.05 Å². The summed E-state index contributed by atoms with van der Waals surface area (Å²) in [5.74, 6) is 1.85. The minimum atomic E-state index is 0.547. The van der Waals surface area contributed by atoms with Crippen molar-refractivity contribution >= 4 is 11.6 Å². The van der Waals surface area contributed by atoms with E-state index in [1.54, 1.807) is 0 Å². The van der Waals surface area contributed by atoms with Crippen molar-refractivity contribution in [3.05, 3.63) is 58.0 Å². The number of halogens is 1. The molecule has 1 N–H and O–H groups in total. The number of hydrogen-bond acceptors (Lipinski definition) is 3. The number of rotatable bonds is 6. The lowest BCUT2D eigenvalue weighted by Gasteiger charge is -2.04. The summed E-state index contributed by atoms with van der Waals surface area (Å²) in [4.78, 5) is 0. The highest BCUT2D eigenvalue weighted by molar-refractivity contribution is 6.30. The molecule has 0 aliphatic heterocycles. The first-order valence-corrected chi connectivity index (χ1v) is 6.62. The van der Waals surface area contributed by atoms with Gasteiger partial charge in [0.05, 0.1) is 19.8 Å². The minimum Gasteiger partial charge on any atom is -0.465 e. The molecule has 1 heterocycles. The molecule has 102 valence electrons. The highest BCUT2D eigenvalue weighted by atomic mass is 35.5. The van der Waals surface area contributed by atoms with Crippen LogP contribution in [-0.2, 0) is 24.5 Å². The maximum absolute atomic E-state index is 5.93. The molecule has 0 bridgehead atoms. The lowest BCUT2D eigenvalue weighted by molar-refractivity contribution is 0.106. The van der Waals surface area contributed by atoms with Gasteiger partial charge in [-0.3, -0.25) is 0 Å². The van der Waals surface area contributed by atoms with E-state index in [0.29, 0.717) is 13.2 Å². The summed E-state index contributed by atoms with van der Waals surface area (Å²) in [6.07, 6.45) is 0. The van der Waals surface area contributed by atoms with Crippen molar-refractivity contribution < 1.29 is 9.15 Å². The molecule has 1 aromatic carbocycles. The van der Waals surface area contributed by atoms with Crippen LogP contribution in [0.1, 0.15) is 22.6 Å². The summed E-state index contributed by atoms with van der Waals surface area (Å²) in [6, 6.07) is 9.73. The van der Waals surface area contributed by atoms with E-state index in [0.717, 1.165) is 34.2 Å². The van der Waals surface area contributed by atoms with Crippen molar-refractivity contribution in [1.29, 1.82) is 0 Å². The van der Waals surface area contributed by atoms with Crippen molar-refractivity contribution in [3.63, 3.8) is 0 Å². The van der Waals surface area contributed by atoms with Crippen LogP contribution in [-0.4, -0.2) is 7.05 Å². The zero-order valence-electron chi connectivity index (χ0n) is 11.2. The SMILES string of the molecule is CNCc1cc(COCc2cccc(Cl)c2)c(C)o1. The van der Waals surface area contributed by atoms with Crippen LogP contribution in [0.2, 0.25) is 5.02 Å². The second-order valence-corrected chi connectivity index (χ2v) is 4.88. The van der Waals surface area contributed by atoms with Gasteiger partial charge in [-0.2, -0.15) is 0 Å². The Hall–Kier alpha value is -1.29. The van der Waals surface area contributed by atoms with Gasteiger partial charge in [0.1, 0.15) is 11.5 Å². The maximum atomic E-state index is 5.93. The summed E-state index contributed by atoms with van der Waals surface area (Å²) in [5.41, 5.74) is 2.16. The van der Waals surface area contributed by atoms with Crippen LogP contribution >= 0.6 is 11.6 Å². The van der Waals surface area contributed by atoms with Gasteiger partial charge in [-0.1, -0.05) is 23.7 Å². The normalized spacial score (nSPS) is 10.9. The minimum absolute atomic E-state index is 0.547. The quantitative estimate of drug-likeness (QED) is 0.876. The van der Waals surface area contributed by atoms with E-state index in [-0.39, 0.29) is 0 Å². The van der Waals surface area contributed by atoms with E-state index >= 15 is 0 Å². The summed E-state index contributed by atoms with van der Waals surface area (Å²) >= 11 is 5.93. The molecule has 0 aliphatic rings. The number of nitrogens with one attached hydrogen (secondary N) is 1. The van der Waals surface area contributed by atoms with Crippen molar-refractivity contribution in [2.45, 2.75) is 26.7 Å². The Morgan fingerprint density at radius 1 is 1.26 bits per heavy atom. The maximum Gasteiger partial charge on any atom is 0.118 e. The van der Waals surface area contributed by atoms with Gasteiger partial charge in [0.2, 0.25) is 0 Å². The topological polar surface area (TPSA) is 34.4 Å². The molecule has 0 aliphatic carbocycles. The van der Waals surface area contributed by atoms with Crippen molar-refractivity contribution in [1.82, 2.24) is 5.32 Å². The number of ether oxygens (including phenoxy) is 1. The lowest BCUT2D eigenvalue weighted by Crippen LogP contribution is -2.03. The van der Waals surface area contributed by atoms with E-state index in [4.69, 9.17) is 20.8 Å². The van der Waals surface area contributed by atoms with E-state index in [9.17, 15) is 0 Å². The van der Waals surface area contributed by atoms with E-state index < -0.39 is 0 Å². The predicted octanol–water partition coefficient (Wildman–Crippen LogP) is 3.68. The molecule has 0 saturated heterocycles. The Bertz CT molecular complexity index is 537. The van der Waals surface area contributed by atoms with E-state index in [1.165, 1.54) is 0 Å². The highest BCUT2D eigenvalue weighted by Crippen LogP contribution is 2.17. The summed E-state index contributed by atoms with van der Waals surface area (Å²) < 4.78 is 11.3. The summed E-state index contributed by atoms with van der Waals surface area (Å²) in [7, 11) is 1.90. The molecule has 2 rings (SSSR count). The molecule has 0 spiro atoms. The molecule has 0 radical (unpaired) electrons. The molecule has 0 atom stereocenters. The fourth-order valence-electron chi connectivity index (χ4n) is 1.90. The number of furan rings is 1. The standard InChI is InChI=1S/C15H18ClNO2/c1-11-13(7-15(19-11)8-17-2)10-18-9-12-4-3-5-14(16)6-12/h3-7,17H,8-10H2,1-2H3. The van der Waals surface area contributed by atoms with Gasteiger partial charge < -0.3 is 14.5 Å². The van der Waals surface area contributed by atoms with Crippen LogP contribution in [0.15, 0.2) is 34.7 Å². The molecule has 0 amide bonds. The molecule has 1 aromatic heterocycles. The fourth-order valence-corrected chi connectivity index (χ4v) is 2.11. The van der Waals surface area contributed by atoms with Crippen LogP contribution < -0.4 is 5.32 Å². The average molecular weight is 280 g/mol. The lowest BCUT2D eigenvalue weighted by atomic mass is 10.2. The van der Waals surface area contributed by atoms with Crippen LogP contribution in [0.3, 0.4) is 0 Å². The fraction of sp³-hybridized carbons (Fsp3) is 0.333. The average Bonchev–Trinajstić information content (AvgIpc) is 2.71. The second kappa shape index (κ2) is 6.75. The molecule has 0 saturated carbocycles. The van der Waals surface area contributed by atoms with Crippen LogP contribution in [0.25, 0.3) is 0 Å². The van der Waals surface area contributed by atoms with Gasteiger partial charge in [-0.15, -0.1) is 0 Å². The number of hydrogen-bond donors (Lipinski definition) is 1. The van der Waals surface area contributed by atoms with E-state index in [2.05, 4.69) is 5.32 Å². The molecule has 0 fully saturated rings. The predicted molar refractivity (Wildman–Crippen MR) is 76.2 cm³/mol. The van der Waals surface area contributed by atoms with Gasteiger partial charge in [-0.05, 0) is 37.7 Å². The molecule has 3 nitrogen and oxygen atoms in total. The van der Waals surface area contributed by atoms with Crippen LogP contribution in [0.5, 0.6) is 0 Å². The summed E-state index contributed by atoms with van der Waals surface area (Å²) in [5, 5.41) is 3.80. The van der Waals surface area contributed by atoms with Crippen LogP contribution in [0, 0.1) is 6.92 Å². The Kier molecular flexibility index (Phi) is 5.02. The molecule has 4 heteroatoms. The van der Waals surface area contributed by atoms with Gasteiger partial charge in [-0.25, -0.2) is 0 Å². The van der Waals surface area contributed by atoms with E-state index in [1.807, 2.05) is 44.3 Å². The Morgan fingerprint density at radius 2 is 2.11 bits per heavy atom. The Balaban J connectivity index is 1.88. The third-order valence-electron chi connectivity index (χ3n) is 2.84. The van der Waals surface area contributed by atoms with Gasteiger partial charge in [0.25, 0.3) is 0 Å². The zero-order chi connectivity index (χ0) is 13.7. The molecule has 0 unspecified atom stereocenters. The third-order valence-corrected chi connectivity index (χ3v) is 3.07. The first-order valence-electron chi connectivity index (χ1n) is 6.24. The molecular formula is C15H18ClNO2. The second-order valence-electron chi connectivity index (χ2n) is 4.45. The molecular weight excluding hydrogens is 262 g/mol. The Morgan fingerprint density at radius 3 is 2.84 bits per heavy atom. The highest BCUT2D eigenvalue weighted by Gasteiger charge is 2.07. The monoisotopic (exact) mass is 279 g/mol. The molecule has 2 aromatic rings. The zero-order valence-corrected chi connectivity index (χ0v) is 12.0. The first kappa shape index (κ1) is 14.1. The Labute approximate surface area is 118 Å². The summed E-state index contributed by atoms with van der Waals surface area (Å²) in [6.45, 7) is 3.78. The third kappa shape index (κ3) is 4.10. The number of benzene rings is 1. The molecule has 19 heavy (non-hydrogen) atoms. The largest absolute Gasteiger partial charge is 0.465 e. The van der Waals surface area contributed by atoms with Gasteiger partial charge in [0.15, 0.2) is 0 Å². The van der Waals surface area contributed by atoms with Crippen LogP contribution in [0.4, 0.5) is 0 Å².